The number of benzene rings is 3. The van der Waals surface area contributed by atoms with E-state index in [1.165, 1.54) is 30.2 Å². The molecule has 3 aromatic rings. The number of ether oxygens (including phenoxy) is 1. The SMILES string of the molecule is C=Cc1ccc(N2C(=O)C3CC=C4C(CC5(Cl)C(=O)N(c6ccc(F)cc6)C(=O)C5(Cl)C4c4cc(I)c(O)c(OC)c4)C3C2=O)cc1. The van der Waals surface area contributed by atoms with Gasteiger partial charge in [-0.1, -0.05) is 36.4 Å². The lowest BCUT2D eigenvalue weighted by Gasteiger charge is -2.50. The number of alkyl halides is 2. The highest BCUT2D eigenvalue weighted by Gasteiger charge is 2.76. The highest BCUT2D eigenvalue weighted by molar-refractivity contribution is 14.1. The fraction of sp³-hybridized carbons (Fsp3) is 0.257. The molecule has 2 aliphatic carbocycles. The van der Waals surface area contributed by atoms with Gasteiger partial charge in [-0.25, -0.2) is 9.29 Å². The number of amides is 4. The van der Waals surface area contributed by atoms with Gasteiger partial charge in [0.15, 0.2) is 21.2 Å². The number of methoxy groups -OCH3 is 1. The molecule has 3 aromatic carbocycles. The molecule has 6 atom stereocenters. The summed E-state index contributed by atoms with van der Waals surface area (Å²) in [6.45, 7) is 3.75. The molecule has 8 nitrogen and oxygen atoms in total. The van der Waals surface area contributed by atoms with Crippen LogP contribution in [0.3, 0.4) is 0 Å². The number of phenolic OH excluding ortho intramolecular Hbond substituents is 1. The predicted octanol–water partition coefficient (Wildman–Crippen LogP) is 6.56. The second-order valence-corrected chi connectivity index (χ2v) is 14.5. The monoisotopic (exact) mass is 786 g/mol. The van der Waals surface area contributed by atoms with Crippen molar-refractivity contribution in [3.05, 3.63) is 99.4 Å². The summed E-state index contributed by atoms with van der Waals surface area (Å²) in [4.78, 5) is 54.9. The molecule has 2 heterocycles. The zero-order valence-corrected chi connectivity index (χ0v) is 28.4. The zero-order valence-electron chi connectivity index (χ0n) is 24.8. The van der Waals surface area contributed by atoms with Crippen LogP contribution in [0.5, 0.6) is 11.5 Å². The number of aromatic hydroxyl groups is 1. The van der Waals surface area contributed by atoms with Gasteiger partial charge in [-0.2, -0.15) is 0 Å². The number of carbonyl (C=O) groups excluding carboxylic acids is 4. The Bertz CT molecular complexity index is 1940. The summed E-state index contributed by atoms with van der Waals surface area (Å²) in [5, 5.41) is 10.7. The highest BCUT2D eigenvalue weighted by Crippen LogP contribution is 2.66. The number of hydrogen-bond donors (Lipinski definition) is 1. The molecule has 12 heteroatoms. The van der Waals surface area contributed by atoms with Gasteiger partial charge in [0.1, 0.15) is 5.82 Å². The Morgan fingerprint density at radius 2 is 1.60 bits per heavy atom. The van der Waals surface area contributed by atoms with Crippen LogP contribution in [0, 0.1) is 27.1 Å². The van der Waals surface area contributed by atoms with E-state index in [4.69, 9.17) is 27.9 Å². The third-order valence-corrected chi connectivity index (χ3v) is 12.1. The van der Waals surface area contributed by atoms with Gasteiger partial charge >= 0.3 is 0 Å². The van der Waals surface area contributed by atoms with E-state index >= 15 is 0 Å². The van der Waals surface area contributed by atoms with E-state index in [1.807, 2.05) is 28.7 Å². The maximum atomic E-state index is 14.5. The molecule has 240 valence electrons. The first-order chi connectivity index (χ1) is 22.4. The number of imide groups is 2. The molecule has 1 N–H and O–H groups in total. The molecule has 4 amide bonds. The summed E-state index contributed by atoms with van der Waals surface area (Å²) in [5.41, 5.74) is 2.33. The number of carbonyl (C=O) groups is 4. The van der Waals surface area contributed by atoms with Crippen LogP contribution in [0.1, 0.15) is 29.9 Å². The van der Waals surface area contributed by atoms with Crippen molar-refractivity contribution >= 4 is 86.9 Å². The van der Waals surface area contributed by atoms with Crippen LogP contribution in [-0.4, -0.2) is 45.6 Å². The summed E-state index contributed by atoms with van der Waals surface area (Å²) in [6.07, 6.45) is 3.47. The summed E-state index contributed by atoms with van der Waals surface area (Å²) in [6, 6.07) is 14.9. The Kier molecular flexibility index (Phi) is 7.57. The van der Waals surface area contributed by atoms with Crippen LogP contribution in [-0.2, 0) is 19.2 Å². The van der Waals surface area contributed by atoms with E-state index in [-0.39, 0.29) is 35.9 Å². The van der Waals surface area contributed by atoms with Gasteiger partial charge in [0, 0.05) is 5.92 Å². The van der Waals surface area contributed by atoms with E-state index in [9.17, 15) is 28.7 Å². The van der Waals surface area contributed by atoms with Gasteiger partial charge in [-0.3, -0.25) is 24.1 Å². The van der Waals surface area contributed by atoms with E-state index < -0.39 is 57.0 Å². The second kappa shape index (κ2) is 11.2. The molecular formula is C35H26Cl2FIN2O6. The molecule has 0 aromatic heterocycles. The molecular weight excluding hydrogens is 761 g/mol. The largest absolute Gasteiger partial charge is 0.504 e. The summed E-state index contributed by atoms with van der Waals surface area (Å²) < 4.78 is 19.7. The first kappa shape index (κ1) is 31.8. The van der Waals surface area contributed by atoms with Crippen molar-refractivity contribution in [3.8, 4) is 11.5 Å². The molecule has 6 unspecified atom stereocenters. The standard InChI is InChI=1S/C35H26Cl2FIN2O6/c1-3-17-4-8-20(9-5-17)40-30(43)23-13-12-22-24(27(23)31(40)44)16-34(36)32(45)41(21-10-6-19(38)7-11-21)33(46)35(34,37)28(22)18-14-25(39)29(42)26(15-18)47-2/h3-12,14-15,23-24,27-28,42H,1,13,16H2,2H3. The van der Waals surface area contributed by atoms with Gasteiger partial charge in [-0.15, -0.1) is 23.2 Å². The van der Waals surface area contributed by atoms with Crippen molar-refractivity contribution in [2.24, 2.45) is 17.8 Å². The average molecular weight is 787 g/mol. The van der Waals surface area contributed by atoms with Gasteiger partial charge < -0.3 is 9.84 Å². The lowest BCUT2D eigenvalue weighted by atomic mass is 9.56. The molecule has 0 bridgehead atoms. The van der Waals surface area contributed by atoms with Crippen molar-refractivity contribution in [1.82, 2.24) is 0 Å². The molecule has 3 fully saturated rings. The smallest absolute Gasteiger partial charge is 0.258 e. The van der Waals surface area contributed by atoms with Gasteiger partial charge in [0.2, 0.25) is 11.8 Å². The molecule has 2 saturated heterocycles. The first-order valence-electron chi connectivity index (χ1n) is 14.8. The fourth-order valence-corrected chi connectivity index (χ4v) is 9.26. The molecule has 1 saturated carbocycles. The first-order valence-corrected chi connectivity index (χ1v) is 16.6. The highest BCUT2D eigenvalue weighted by atomic mass is 127. The van der Waals surface area contributed by atoms with Crippen LogP contribution < -0.4 is 14.5 Å². The van der Waals surface area contributed by atoms with E-state index in [2.05, 4.69) is 6.58 Å². The summed E-state index contributed by atoms with van der Waals surface area (Å²) in [5.74, 6) is -6.45. The Labute approximate surface area is 292 Å². The zero-order chi connectivity index (χ0) is 33.6. The fourth-order valence-electron chi connectivity index (χ4n) is 7.70. The maximum Gasteiger partial charge on any atom is 0.258 e. The predicted molar refractivity (Wildman–Crippen MR) is 183 cm³/mol. The van der Waals surface area contributed by atoms with Crippen molar-refractivity contribution < 1.29 is 33.4 Å². The van der Waals surface area contributed by atoms with E-state index in [0.717, 1.165) is 22.6 Å². The number of hydrogen-bond acceptors (Lipinski definition) is 6. The minimum Gasteiger partial charge on any atom is -0.504 e. The Hall–Kier alpha value is -3.74. The van der Waals surface area contributed by atoms with Crippen molar-refractivity contribution in [1.29, 1.82) is 0 Å². The van der Waals surface area contributed by atoms with Crippen molar-refractivity contribution in [3.63, 3.8) is 0 Å². The Morgan fingerprint density at radius 3 is 2.23 bits per heavy atom. The molecule has 2 aliphatic heterocycles. The molecule has 0 spiro atoms. The minimum atomic E-state index is -2.11. The maximum absolute atomic E-state index is 14.5. The van der Waals surface area contributed by atoms with Crippen molar-refractivity contribution in [2.75, 3.05) is 16.9 Å². The topological polar surface area (TPSA) is 104 Å². The molecule has 7 rings (SSSR count). The normalized spacial score (nSPS) is 29.8. The van der Waals surface area contributed by atoms with E-state index in [0.29, 0.717) is 20.4 Å². The third kappa shape index (κ3) is 4.37. The van der Waals surface area contributed by atoms with Gasteiger partial charge in [-0.05, 0) is 101 Å². The number of rotatable bonds is 5. The number of fused-ring (bicyclic) bond motifs is 4. The van der Waals surface area contributed by atoms with Gasteiger partial charge in [0.05, 0.1) is 33.9 Å². The summed E-state index contributed by atoms with van der Waals surface area (Å²) >= 11 is 16.8. The Morgan fingerprint density at radius 1 is 0.957 bits per heavy atom. The van der Waals surface area contributed by atoms with Crippen LogP contribution in [0.4, 0.5) is 15.8 Å². The van der Waals surface area contributed by atoms with Crippen LogP contribution in [0.2, 0.25) is 0 Å². The molecule has 47 heavy (non-hydrogen) atoms. The van der Waals surface area contributed by atoms with Crippen molar-refractivity contribution in [2.45, 2.75) is 28.5 Å². The number of phenols is 1. The average Bonchev–Trinajstić information content (AvgIpc) is 3.40. The van der Waals surface area contributed by atoms with Gasteiger partial charge in [0.25, 0.3) is 11.8 Å². The van der Waals surface area contributed by atoms with Crippen LogP contribution in [0.15, 0.2) is 78.9 Å². The number of anilines is 2. The Balaban J connectivity index is 1.41. The second-order valence-electron chi connectivity index (χ2n) is 12.1. The van der Waals surface area contributed by atoms with E-state index in [1.54, 1.807) is 36.4 Å². The third-order valence-electron chi connectivity index (χ3n) is 9.89. The van der Waals surface area contributed by atoms with Crippen LogP contribution in [0.25, 0.3) is 6.08 Å². The summed E-state index contributed by atoms with van der Waals surface area (Å²) in [7, 11) is 1.38. The number of nitrogens with zero attached hydrogens (tertiary/aromatic N) is 2. The molecule has 0 radical (unpaired) electrons. The quantitative estimate of drug-likeness (QED) is 0.136. The lowest BCUT2D eigenvalue weighted by molar-refractivity contribution is -0.125. The minimum absolute atomic E-state index is 0.0866. The number of allylic oxidation sites excluding steroid dienone is 2. The number of halogens is 4. The molecule has 4 aliphatic rings. The van der Waals surface area contributed by atoms with Crippen LogP contribution >= 0.6 is 45.8 Å². The lowest BCUT2D eigenvalue weighted by Crippen LogP contribution is -2.60.